The molecule has 0 radical (unpaired) electrons. The summed E-state index contributed by atoms with van der Waals surface area (Å²) >= 11 is 6.45. The minimum absolute atomic E-state index is 0.0361. The summed E-state index contributed by atoms with van der Waals surface area (Å²) in [5, 5.41) is 32.1. The molecule has 1 saturated carbocycles. The molecule has 2 fully saturated rings. The van der Waals surface area contributed by atoms with Gasteiger partial charge in [-0.3, -0.25) is 9.69 Å². The molecule has 6 rings (SSSR count). The van der Waals surface area contributed by atoms with Crippen molar-refractivity contribution in [1.29, 1.82) is 0 Å². The molecule has 0 spiro atoms. The van der Waals surface area contributed by atoms with E-state index in [0.29, 0.717) is 21.4 Å². The van der Waals surface area contributed by atoms with E-state index in [2.05, 4.69) is 36.0 Å². The first kappa shape index (κ1) is 38.1. The number of amides is 3. The molecule has 286 valence electrons. The van der Waals surface area contributed by atoms with Gasteiger partial charge in [-0.25, -0.2) is 19.4 Å². The van der Waals surface area contributed by atoms with Crippen molar-refractivity contribution in [1.82, 2.24) is 45.9 Å². The molecule has 21 heteroatoms. The van der Waals surface area contributed by atoms with Crippen molar-refractivity contribution in [3.8, 4) is 22.5 Å². The lowest BCUT2D eigenvalue weighted by Crippen LogP contribution is -2.49. The Morgan fingerprint density at radius 1 is 1.11 bits per heavy atom. The lowest BCUT2D eigenvalue weighted by Gasteiger charge is -2.35. The Hall–Kier alpha value is -5.66. The molecule has 0 bridgehead atoms. The zero-order valence-corrected chi connectivity index (χ0v) is 29.4. The average molecular weight is 779 g/mol. The average Bonchev–Trinajstić information content (AvgIpc) is 3.40. The highest BCUT2D eigenvalue weighted by Crippen LogP contribution is 2.49. The zero-order valence-electron chi connectivity index (χ0n) is 28.7. The third kappa shape index (κ3) is 7.55. The number of rotatable bonds is 10. The van der Waals surface area contributed by atoms with E-state index in [-0.39, 0.29) is 41.2 Å². The van der Waals surface area contributed by atoms with Gasteiger partial charge in [0, 0.05) is 17.3 Å². The number of hydrogen-bond donors (Lipinski definition) is 4. The summed E-state index contributed by atoms with van der Waals surface area (Å²) in [7, 11) is 0. The highest BCUT2D eigenvalue weighted by Gasteiger charge is 2.65. The fraction of sp³-hybridized carbons (Fsp3) is 0.394. The van der Waals surface area contributed by atoms with Crippen LogP contribution in [0.3, 0.4) is 0 Å². The summed E-state index contributed by atoms with van der Waals surface area (Å²) in [6, 6.07) is 9.18. The van der Waals surface area contributed by atoms with E-state index in [0.717, 1.165) is 11.1 Å². The number of carbonyl (C=O) groups excluding carboxylic acids is 2. The summed E-state index contributed by atoms with van der Waals surface area (Å²) in [6.07, 6.45) is -6.14. The highest BCUT2D eigenvalue weighted by atomic mass is 35.5. The molecule has 3 amide bonds. The lowest BCUT2D eigenvalue weighted by molar-refractivity contribution is -0.164. The van der Waals surface area contributed by atoms with Crippen LogP contribution in [0.2, 0.25) is 5.02 Å². The summed E-state index contributed by atoms with van der Waals surface area (Å²) in [5.41, 5.74) is -3.22. The first-order valence-corrected chi connectivity index (χ1v) is 16.6. The van der Waals surface area contributed by atoms with Crippen molar-refractivity contribution >= 4 is 35.7 Å². The maximum atomic E-state index is 15.1. The third-order valence-electron chi connectivity index (χ3n) is 8.94. The smallest absolute Gasteiger partial charge is 0.434 e. The summed E-state index contributed by atoms with van der Waals surface area (Å²) < 4.78 is 73.3. The third-order valence-corrected chi connectivity index (χ3v) is 9.27. The predicted octanol–water partition coefficient (Wildman–Crippen LogP) is 6.44. The fourth-order valence-corrected chi connectivity index (χ4v) is 6.54. The molecular weight excluding hydrogens is 747 g/mol. The number of aliphatic imine (C=N–C) groups is 1. The Bertz CT molecular complexity index is 2080. The van der Waals surface area contributed by atoms with Crippen LogP contribution in [0.5, 0.6) is 0 Å². The molecule has 2 aromatic carbocycles. The summed E-state index contributed by atoms with van der Waals surface area (Å²) in [4.78, 5) is 44.8. The van der Waals surface area contributed by atoms with Crippen molar-refractivity contribution in [2.75, 3.05) is 6.61 Å². The van der Waals surface area contributed by atoms with Crippen LogP contribution in [0.1, 0.15) is 63.8 Å². The molecule has 4 N–H and O–H groups in total. The van der Waals surface area contributed by atoms with Crippen LogP contribution in [0.15, 0.2) is 59.9 Å². The van der Waals surface area contributed by atoms with Crippen molar-refractivity contribution < 1.29 is 46.2 Å². The van der Waals surface area contributed by atoms with Crippen molar-refractivity contribution in [3.63, 3.8) is 0 Å². The normalized spacial score (nSPS) is 19.6. The van der Waals surface area contributed by atoms with Gasteiger partial charge in [0.05, 0.1) is 17.3 Å². The van der Waals surface area contributed by atoms with E-state index in [4.69, 9.17) is 16.3 Å². The number of benzene rings is 2. The topological polar surface area (TPSA) is 193 Å². The van der Waals surface area contributed by atoms with Gasteiger partial charge in [0.2, 0.25) is 5.96 Å². The van der Waals surface area contributed by atoms with Crippen LogP contribution in [-0.4, -0.2) is 82.8 Å². The second-order valence-corrected chi connectivity index (χ2v) is 14.4. The second kappa shape index (κ2) is 14.0. The minimum Gasteiger partial charge on any atom is -0.463 e. The predicted molar refractivity (Wildman–Crippen MR) is 180 cm³/mol. The van der Waals surface area contributed by atoms with Crippen LogP contribution in [0, 0.1) is 5.41 Å². The van der Waals surface area contributed by atoms with Gasteiger partial charge in [-0.05, 0) is 63.9 Å². The first-order valence-electron chi connectivity index (χ1n) is 16.2. The van der Waals surface area contributed by atoms with Gasteiger partial charge in [-0.15, -0.1) is 10.1 Å². The quantitative estimate of drug-likeness (QED) is 0.130. The summed E-state index contributed by atoms with van der Waals surface area (Å²) in [6.45, 7) is 1.87. The number of aromatic nitrogens is 6. The van der Waals surface area contributed by atoms with Crippen molar-refractivity contribution in [2.45, 2.75) is 69.9 Å². The van der Waals surface area contributed by atoms with E-state index in [9.17, 15) is 36.6 Å². The Kier molecular flexibility index (Phi) is 9.84. The monoisotopic (exact) mass is 778 g/mol. The number of nitrogens with zero attached hydrogens (tertiary/aromatic N) is 7. The van der Waals surface area contributed by atoms with Crippen molar-refractivity contribution in [3.05, 3.63) is 71.0 Å². The second-order valence-electron chi connectivity index (χ2n) is 14.0. The van der Waals surface area contributed by atoms with E-state index in [1.54, 1.807) is 24.3 Å². The molecule has 3 heterocycles. The van der Waals surface area contributed by atoms with E-state index in [1.165, 1.54) is 24.4 Å². The molecular formula is C33H32ClF5N10O5. The molecule has 1 saturated heterocycles. The molecule has 54 heavy (non-hydrogen) atoms. The standard InChI is InChI=1S/C33H32ClF5N10O5/c1-30(2,3)16-32(20-7-4-17(5-8-20)19-13-40-48(14-19)26(35)36)25(50)49(27(42-32)41-28(51)52)23(15-54-29(53)43-31(10-11-31)33(37,38)39)18-6-9-22(34)21(12-18)24-44-46-47-45-24/h4-9,12-14,23,26H,10-11,15-16H2,1-3H3,(H,41,42)(H,43,53)(H,51,52)(H,44,45,46,47)/t23?,32-/m1/s1. The lowest BCUT2D eigenvalue weighted by atomic mass is 9.75. The molecule has 2 atom stereocenters. The number of H-pyrrole nitrogens is 1. The van der Waals surface area contributed by atoms with Crippen LogP contribution >= 0.6 is 11.6 Å². The number of guanidine groups is 1. The molecule has 2 aromatic heterocycles. The van der Waals surface area contributed by atoms with Gasteiger partial charge in [0.25, 0.3) is 5.91 Å². The zero-order chi connectivity index (χ0) is 39.2. The molecule has 2 aliphatic rings. The Morgan fingerprint density at radius 3 is 2.37 bits per heavy atom. The van der Waals surface area contributed by atoms with Gasteiger partial charge < -0.3 is 20.5 Å². The van der Waals surface area contributed by atoms with Crippen molar-refractivity contribution in [2.24, 2.45) is 10.4 Å². The molecule has 15 nitrogen and oxygen atoms in total. The Labute approximate surface area is 307 Å². The highest BCUT2D eigenvalue weighted by molar-refractivity contribution is 6.33. The SMILES string of the molecule is CC(C)(C)C[C@]1(c2ccc(-c3cnn(C(F)F)c3)cc2)NC(=NC(=O)O)N(C(COC(=O)NC2(C(F)(F)F)CC2)c2ccc(Cl)c(-c3nnn[nH]3)c2)C1=O. The molecule has 1 unspecified atom stereocenters. The number of halogens is 6. The number of nitrogens with one attached hydrogen (secondary N) is 3. The van der Waals surface area contributed by atoms with Gasteiger partial charge in [0.15, 0.2) is 5.82 Å². The molecule has 4 aromatic rings. The number of carboxylic acid groups (broad SMARTS) is 1. The van der Waals surface area contributed by atoms with Gasteiger partial charge in [-0.1, -0.05) is 62.7 Å². The van der Waals surface area contributed by atoms with Crippen LogP contribution < -0.4 is 10.6 Å². The number of carbonyl (C=O) groups is 3. The van der Waals surface area contributed by atoms with Crippen LogP contribution in [-0.2, 0) is 15.1 Å². The largest absolute Gasteiger partial charge is 0.463 e. The van der Waals surface area contributed by atoms with E-state index >= 15 is 4.79 Å². The summed E-state index contributed by atoms with van der Waals surface area (Å²) in [5.74, 6) is -1.12. The Morgan fingerprint density at radius 2 is 1.81 bits per heavy atom. The van der Waals surface area contributed by atoms with Gasteiger partial charge >= 0.3 is 24.9 Å². The maximum absolute atomic E-state index is 15.1. The number of alkyl carbamates (subject to hydrolysis) is 1. The van der Waals surface area contributed by atoms with Crippen LogP contribution in [0.4, 0.5) is 31.5 Å². The van der Waals surface area contributed by atoms with Gasteiger partial charge in [0.1, 0.15) is 17.7 Å². The first-order chi connectivity index (χ1) is 25.3. The number of alkyl halides is 5. The number of ether oxygens (including phenoxy) is 1. The maximum Gasteiger partial charge on any atom is 0.434 e. The van der Waals surface area contributed by atoms with Gasteiger partial charge in [-0.2, -0.15) is 27.1 Å². The van der Waals surface area contributed by atoms with E-state index < -0.39 is 65.9 Å². The minimum atomic E-state index is -4.75. The molecule has 1 aliphatic carbocycles. The molecule has 1 aliphatic heterocycles. The number of aromatic amines is 1. The van der Waals surface area contributed by atoms with Crippen LogP contribution in [0.25, 0.3) is 22.5 Å². The number of tetrazole rings is 1. The fourth-order valence-electron chi connectivity index (χ4n) is 6.34. The number of hydrogen-bond acceptors (Lipinski definition) is 8. The van der Waals surface area contributed by atoms with E-state index in [1.807, 2.05) is 26.1 Å². The Balaban J connectivity index is 1.44.